The highest BCUT2D eigenvalue weighted by molar-refractivity contribution is 6.34. The van der Waals surface area contributed by atoms with E-state index in [1.54, 1.807) is 42.5 Å². The summed E-state index contributed by atoms with van der Waals surface area (Å²) in [6.45, 7) is -0.476. The molecule has 2 bridgehead atoms. The highest BCUT2D eigenvalue weighted by Gasteiger charge is 2.61. The van der Waals surface area contributed by atoms with Crippen molar-refractivity contribution in [1.29, 1.82) is 0 Å². The van der Waals surface area contributed by atoms with Crippen LogP contribution in [-0.2, 0) is 9.59 Å². The van der Waals surface area contributed by atoms with Crippen LogP contribution in [0.5, 0.6) is 5.75 Å². The van der Waals surface area contributed by atoms with Gasteiger partial charge < -0.3 is 4.74 Å². The van der Waals surface area contributed by atoms with Crippen molar-refractivity contribution >= 4 is 35.1 Å². The van der Waals surface area contributed by atoms with E-state index in [1.165, 1.54) is 13.2 Å². The number of hydrogen-bond donors (Lipinski definition) is 0. The number of rotatable bonds is 6. The van der Waals surface area contributed by atoms with Crippen molar-refractivity contribution in [2.24, 2.45) is 23.7 Å². The molecule has 168 valence electrons. The summed E-state index contributed by atoms with van der Waals surface area (Å²) < 4.78 is 5.12. The van der Waals surface area contributed by atoms with E-state index in [2.05, 4.69) is 0 Å². The van der Waals surface area contributed by atoms with Crippen LogP contribution in [0.15, 0.2) is 60.7 Å². The summed E-state index contributed by atoms with van der Waals surface area (Å²) in [5.41, 5.74) is 0.439. The molecule has 2 aliphatic carbocycles. The number of hydrogen-bond acceptors (Lipinski definition) is 5. The number of ketones is 1. The topological polar surface area (TPSA) is 84.0 Å². The lowest BCUT2D eigenvalue weighted by atomic mass is 9.85. The molecule has 33 heavy (non-hydrogen) atoms. The van der Waals surface area contributed by atoms with Gasteiger partial charge in [0.05, 0.1) is 29.5 Å². The van der Waals surface area contributed by atoms with Crippen LogP contribution in [0.1, 0.15) is 27.1 Å². The number of halogens is 1. The molecule has 4 atom stereocenters. The Morgan fingerprint density at radius 1 is 1.00 bits per heavy atom. The molecule has 2 fully saturated rings. The molecule has 1 saturated carbocycles. The second-order valence-electron chi connectivity index (χ2n) is 8.48. The molecule has 1 heterocycles. The average molecular weight is 465 g/mol. The van der Waals surface area contributed by atoms with E-state index in [1.807, 2.05) is 12.2 Å². The summed E-state index contributed by atoms with van der Waals surface area (Å²) in [5.74, 6) is -2.42. The lowest BCUT2D eigenvalue weighted by Crippen LogP contribution is -2.52. The number of Topliss-reactive ketones (excluding diaryl/α,β-unsaturated/α-hetero) is 1. The fourth-order valence-electron chi connectivity index (χ4n) is 5.14. The third-order valence-electron chi connectivity index (χ3n) is 6.73. The predicted octanol–water partition coefficient (Wildman–Crippen LogP) is 3.40. The van der Waals surface area contributed by atoms with E-state index < -0.39 is 41.9 Å². The molecule has 2 aromatic carbocycles. The van der Waals surface area contributed by atoms with Crippen molar-refractivity contribution in [3.63, 3.8) is 0 Å². The van der Waals surface area contributed by atoms with Crippen LogP contribution in [0.25, 0.3) is 0 Å². The van der Waals surface area contributed by atoms with E-state index in [0.29, 0.717) is 11.3 Å². The van der Waals surface area contributed by atoms with E-state index >= 15 is 0 Å². The highest BCUT2D eigenvalue weighted by atomic mass is 35.5. The minimum atomic E-state index is -0.676. The van der Waals surface area contributed by atoms with Gasteiger partial charge in [-0.25, -0.2) is 5.01 Å². The Labute approximate surface area is 195 Å². The van der Waals surface area contributed by atoms with Gasteiger partial charge in [-0.05, 0) is 54.7 Å². The molecule has 3 amide bonds. The van der Waals surface area contributed by atoms with Gasteiger partial charge in [-0.3, -0.25) is 19.2 Å². The average Bonchev–Trinajstić information content (AvgIpc) is 3.51. The Hall–Kier alpha value is -3.45. The van der Waals surface area contributed by atoms with Gasteiger partial charge in [0, 0.05) is 5.56 Å². The Bertz CT molecular complexity index is 1160. The predicted molar refractivity (Wildman–Crippen MR) is 119 cm³/mol. The molecule has 3 aliphatic rings. The first-order valence-electron chi connectivity index (χ1n) is 10.7. The van der Waals surface area contributed by atoms with Gasteiger partial charge in [0.2, 0.25) is 0 Å². The van der Waals surface area contributed by atoms with Crippen molar-refractivity contribution in [1.82, 2.24) is 10.0 Å². The molecule has 2 aromatic rings. The third-order valence-corrected chi connectivity index (χ3v) is 7.06. The maximum atomic E-state index is 13.5. The van der Waals surface area contributed by atoms with Crippen molar-refractivity contribution in [3.05, 3.63) is 76.8 Å². The Kier molecular flexibility index (Phi) is 5.29. The molecule has 0 N–H and O–H groups in total. The van der Waals surface area contributed by atoms with Gasteiger partial charge in [0.25, 0.3) is 17.7 Å². The monoisotopic (exact) mass is 464 g/mol. The zero-order chi connectivity index (χ0) is 23.3. The molecule has 7 nitrogen and oxygen atoms in total. The highest BCUT2D eigenvalue weighted by Crippen LogP contribution is 2.52. The quantitative estimate of drug-likeness (QED) is 0.371. The number of allylic oxidation sites excluding steroid dienone is 2. The minimum absolute atomic E-state index is 0.0176. The van der Waals surface area contributed by atoms with Crippen molar-refractivity contribution < 1.29 is 23.9 Å². The van der Waals surface area contributed by atoms with Crippen LogP contribution in [-0.4, -0.2) is 47.2 Å². The molecule has 0 radical (unpaired) electrons. The SMILES string of the molecule is COc1ccc(C(=O)CN(C(=O)c2ccccc2Cl)N2C(=O)[C@H]3[C@H](C2=O)[C@H]2C=C[C@H]3C2)cc1. The number of methoxy groups -OCH3 is 1. The molecule has 8 heteroatoms. The molecule has 1 aliphatic heterocycles. The maximum absolute atomic E-state index is 13.5. The molecule has 1 saturated heterocycles. The summed E-state index contributed by atoms with van der Waals surface area (Å²) in [6.07, 6.45) is 4.72. The van der Waals surface area contributed by atoms with Crippen LogP contribution < -0.4 is 4.74 Å². The molecule has 0 unspecified atom stereocenters. The summed E-state index contributed by atoms with van der Waals surface area (Å²) in [5, 5.41) is 2.01. The summed E-state index contributed by atoms with van der Waals surface area (Å²) in [7, 11) is 1.52. The fraction of sp³-hybridized carbons (Fsp3) is 0.280. The standard InChI is InChI=1S/C25H21ClN2O5/c1-33-17-10-8-14(9-11-17)20(29)13-27(23(30)18-4-2-3-5-19(18)26)28-24(31)21-15-6-7-16(12-15)22(21)25(28)32/h2-11,15-16,21-22H,12-13H2,1H3/t15-,16-,21+,22+/m0/s1. The van der Waals surface area contributed by atoms with Crippen LogP contribution >= 0.6 is 11.6 Å². The van der Waals surface area contributed by atoms with Gasteiger partial charge in [-0.2, -0.15) is 5.01 Å². The summed E-state index contributed by atoms with van der Waals surface area (Å²) in [6, 6.07) is 12.8. The van der Waals surface area contributed by atoms with Crippen LogP contribution in [0.4, 0.5) is 0 Å². The second-order valence-corrected chi connectivity index (χ2v) is 8.89. The summed E-state index contributed by atoms with van der Waals surface area (Å²) in [4.78, 5) is 53.4. The number of nitrogens with zero attached hydrogens (tertiary/aromatic N) is 2. The fourth-order valence-corrected chi connectivity index (χ4v) is 5.35. The smallest absolute Gasteiger partial charge is 0.274 e. The zero-order valence-electron chi connectivity index (χ0n) is 17.8. The second kappa shape index (κ2) is 8.15. The van der Waals surface area contributed by atoms with Gasteiger partial charge in [0.1, 0.15) is 12.3 Å². The van der Waals surface area contributed by atoms with E-state index in [0.717, 1.165) is 16.4 Å². The number of ether oxygens (including phenoxy) is 1. The third kappa shape index (κ3) is 3.43. The lowest BCUT2D eigenvalue weighted by Gasteiger charge is -2.31. The van der Waals surface area contributed by atoms with E-state index in [-0.39, 0.29) is 22.4 Å². The first-order valence-corrected chi connectivity index (χ1v) is 11.1. The largest absolute Gasteiger partial charge is 0.497 e. The maximum Gasteiger partial charge on any atom is 0.274 e. The van der Waals surface area contributed by atoms with Gasteiger partial charge in [-0.15, -0.1) is 0 Å². The molecule has 5 rings (SSSR count). The Morgan fingerprint density at radius 2 is 1.61 bits per heavy atom. The van der Waals surface area contributed by atoms with Gasteiger partial charge in [0.15, 0.2) is 5.78 Å². The number of carbonyl (C=O) groups excluding carboxylic acids is 4. The number of benzene rings is 2. The number of imide groups is 1. The van der Waals surface area contributed by atoms with Gasteiger partial charge >= 0.3 is 0 Å². The number of fused-ring (bicyclic) bond motifs is 5. The van der Waals surface area contributed by atoms with Crippen molar-refractivity contribution in [2.75, 3.05) is 13.7 Å². The van der Waals surface area contributed by atoms with Crippen molar-refractivity contribution in [3.8, 4) is 5.75 Å². The lowest BCUT2D eigenvalue weighted by molar-refractivity contribution is -0.154. The Morgan fingerprint density at radius 3 is 2.18 bits per heavy atom. The van der Waals surface area contributed by atoms with E-state index in [4.69, 9.17) is 16.3 Å². The minimum Gasteiger partial charge on any atom is -0.497 e. The molecule has 0 spiro atoms. The van der Waals surface area contributed by atoms with Gasteiger partial charge in [-0.1, -0.05) is 35.9 Å². The number of amides is 3. The normalized spacial score (nSPS) is 24.8. The van der Waals surface area contributed by atoms with Crippen LogP contribution in [0.2, 0.25) is 5.02 Å². The first-order chi connectivity index (χ1) is 15.9. The summed E-state index contributed by atoms with van der Waals surface area (Å²) >= 11 is 6.24. The number of hydrazine groups is 1. The number of carbonyl (C=O) groups is 4. The molecule has 0 aromatic heterocycles. The molecular weight excluding hydrogens is 444 g/mol. The first kappa shape index (κ1) is 21.4. The molecular formula is C25H21ClN2O5. The van der Waals surface area contributed by atoms with E-state index in [9.17, 15) is 19.2 Å². The van der Waals surface area contributed by atoms with Crippen LogP contribution in [0.3, 0.4) is 0 Å². The van der Waals surface area contributed by atoms with Crippen molar-refractivity contribution in [2.45, 2.75) is 6.42 Å². The zero-order valence-corrected chi connectivity index (χ0v) is 18.6. The van der Waals surface area contributed by atoms with Crippen LogP contribution in [0, 0.1) is 23.7 Å². The Balaban J connectivity index is 1.50.